The number of carboxylic acid groups (broad SMARTS) is 1. The molecular weight excluding hydrogens is 292 g/mol. The number of fused-ring (bicyclic) bond motifs is 1. The molecule has 0 saturated carbocycles. The van der Waals surface area contributed by atoms with Gasteiger partial charge >= 0.3 is 5.97 Å². The van der Waals surface area contributed by atoms with Crippen LogP contribution in [-0.4, -0.2) is 32.4 Å². The first-order chi connectivity index (χ1) is 10.9. The van der Waals surface area contributed by atoms with Crippen LogP contribution in [0.5, 0.6) is 0 Å². The molecule has 0 aliphatic heterocycles. The third kappa shape index (κ3) is 3.52. The van der Waals surface area contributed by atoms with Gasteiger partial charge < -0.3 is 10.4 Å². The number of hydrogen-bond acceptors (Lipinski definition) is 4. The van der Waals surface area contributed by atoms with Gasteiger partial charge in [-0.1, -0.05) is 13.8 Å². The number of nitrogens with one attached hydrogen (secondary N) is 1. The molecule has 126 valence electrons. The van der Waals surface area contributed by atoms with Crippen LogP contribution in [0.1, 0.15) is 52.1 Å². The summed E-state index contributed by atoms with van der Waals surface area (Å²) in [7, 11) is 0. The molecular formula is C17H26N4O2. The van der Waals surface area contributed by atoms with Crippen LogP contribution in [0.3, 0.4) is 0 Å². The molecule has 0 aromatic carbocycles. The summed E-state index contributed by atoms with van der Waals surface area (Å²) in [6.07, 6.45) is 4.89. The second-order valence-corrected chi connectivity index (χ2v) is 6.34. The van der Waals surface area contributed by atoms with Crippen LogP contribution in [0.4, 0.5) is 0 Å². The molecule has 0 atom stereocenters. The highest BCUT2D eigenvalue weighted by Gasteiger charge is 2.34. The van der Waals surface area contributed by atoms with Crippen molar-refractivity contribution in [1.29, 1.82) is 0 Å². The Kier molecular flexibility index (Phi) is 5.36. The normalized spacial score (nSPS) is 12.2. The number of aliphatic carboxylic acids is 1. The molecule has 6 heteroatoms. The summed E-state index contributed by atoms with van der Waals surface area (Å²) in [6, 6.07) is 2.33. The lowest BCUT2D eigenvalue weighted by atomic mass is 9.82. The molecule has 0 spiro atoms. The smallest absolute Gasteiger partial charge is 0.310 e. The standard InChI is InChI=1S/C17H26N4O2/c1-5-17(6-2,16(22)23)11-18-8-13-7-14-10-20-21(12(3)4)15(14)19-9-13/h7,9-10,12,18H,5-6,8,11H2,1-4H3,(H,22,23). The Balaban J connectivity index is 2.06. The SMILES string of the molecule is CCC(CC)(CNCc1cnc2c(cnn2C(C)C)c1)C(=O)O. The molecule has 0 aliphatic rings. The van der Waals surface area contributed by atoms with E-state index in [9.17, 15) is 9.90 Å². The molecule has 2 aromatic heterocycles. The summed E-state index contributed by atoms with van der Waals surface area (Å²) in [4.78, 5) is 16.0. The van der Waals surface area contributed by atoms with Crippen molar-refractivity contribution in [1.82, 2.24) is 20.1 Å². The van der Waals surface area contributed by atoms with E-state index in [1.54, 1.807) is 0 Å². The first-order valence-corrected chi connectivity index (χ1v) is 8.19. The lowest BCUT2D eigenvalue weighted by Crippen LogP contribution is -2.40. The third-order valence-electron chi connectivity index (χ3n) is 4.58. The monoisotopic (exact) mass is 318 g/mol. The van der Waals surface area contributed by atoms with Gasteiger partial charge in [-0.25, -0.2) is 9.67 Å². The highest BCUT2D eigenvalue weighted by atomic mass is 16.4. The van der Waals surface area contributed by atoms with E-state index in [1.165, 1.54) is 0 Å². The molecule has 2 aromatic rings. The molecule has 0 bridgehead atoms. The van der Waals surface area contributed by atoms with E-state index in [2.05, 4.69) is 35.3 Å². The Morgan fingerprint density at radius 3 is 2.61 bits per heavy atom. The quantitative estimate of drug-likeness (QED) is 0.782. The zero-order valence-electron chi connectivity index (χ0n) is 14.3. The van der Waals surface area contributed by atoms with Crippen molar-refractivity contribution in [2.45, 2.75) is 53.1 Å². The van der Waals surface area contributed by atoms with E-state index in [-0.39, 0.29) is 6.04 Å². The number of aromatic nitrogens is 3. The molecule has 0 radical (unpaired) electrons. The van der Waals surface area contributed by atoms with Gasteiger partial charge in [0.25, 0.3) is 0 Å². The number of pyridine rings is 1. The van der Waals surface area contributed by atoms with Crippen LogP contribution < -0.4 is 5.32 Å². The third-order valence-corrected chi connectivity index (χ3v) is 4.58. The molecule has 2 heterocycles. The Bertz CT molecular complexity index is 674. The van der Waals surface area contributed by atoms with Crippen LogP contribution in [0.15, 0.2) is 18.5 Å². The van der Waals surface area contributed by atoms with Crippen LogP contribution in [-0.2, 0) is 11.3 Å². The first-order valence-electron chi connectivity index (χ1n) is 8.19. The molecule has 0 aliphatic carbocycles. The van der Waals surface area contributed by atoms with Crippen LogP contribution in [0.25, 0.3) is 11.0 Å². The molecule has 0 unspecified atom stereocenters. The summed E-state index contributed by atoms with van der Waals surface area (Å²) >= 11 is 0. The minimum Gasteiger partial charge on any atom is -0.481 e. The Hall–Kier alpha value is -1.95. The van der Waals surface area contributed by atoms with E-state index in [4.69, 9.17) is 0 Å². The largest absolute Gasteiger partial charge is 0.481 e. The predicted octanol–water partition coefficient (Wildman–Crippen LogP) is 2.99. The fourth-order valence-corrected chi connectivity index (χ4v) is 2.78. The fraction of sp³-hybridized carbons (Fsp3) is 0.588. The number of carboxylic acids is 1. The highest BCUT2D eigenvalue weighted by molar-refractivity contribution is 5.75. The Morgan fingerprint density at radius 1 is 1.35 bits per heavy atom. The van der Waals surface area contributed by atoms with Crippen molar-refractivity contribution in [2.75, 3.05) is 6.54 Å². The van der Waals surface area contributed by atoms with Gasteiger partial charge in [0.05, 0.1) is 11.6 Å². The van der Waals surface area contributed by atoms with Crippen molar-refractivity contribution >= 4 is 17.0 Å². The fourth-order valence-electron chi connectivity index (χ4n) is 2.78. The average Bonchev–Trinajstić information content (AvgIpc) is 2.95. The second-order valence-electron chi connectivity index (χ2n) is 6.34. The van der Waals surface area contributed by atoms with Gasteiger partial charge in [0.15, 0.2) is 5.65 Å². The van der Waals surface area contributed by atoms with Gasteiger partial charge in [-0.15, -0.1) is 0 Å². The van der Waals surface area contributed by atoms with Crippen molar-refractivity contribution in [3.05, 3.63) is 24.0 Å². The zero-order chi connectivity index (χ0) is 17.0. The second kappa shape index (κ2) is 7.08. The lowest BCUT2D eigenvalue weighted by Gasteiger charge is -2.27. The molecule has 2 rings (SSSR count). The zero-order valence-corrected chi connectivity index (χ0v) is 14.3. The lowest BCUT2D eigenvalue weighted by molar-refractivity contribution is -0.149. The van der Waals surface area contributed by atoms with Crippen molar-refractivity contribution in [3.8, 4) is 0 Å². The maximum atomic E-state index is 11.5. The van der Waals surface area contributed by atoms with E-state index in [1.807, 2.05) is 30.9 Å². The van der Waals surface area contributed by atoms with Crippen LogP contribution in [0, 0.1) is 5.41 Å². The summed E-state index contributed by atoms with van der Waals surface area (Å²) in [5.41, 5.74) is 1.22. The summed E-state index contributed by atoms with van der Waals surface area (Å²) in [5.74, 6) is -0.734. The van der Waals surface area contributed by atoms with E-state index >= 15 is 0 Å². The summed E-state index contributed by atoms with van der Waals surface area (Å²) in [6.45, 7) is 9.05. The van der Waals surface area contributed by atoms with Gasteiger partial charge in [-0.2, -0.15) is 5.10 Å². The molecule has 23 heavy (non-hydrogen) atoms. The number of rotatable bonds is 8. The molecule has 6 nitrogen and oxygen atoms in total. The van der Waals surface area contributed by atoms with Gasteiger partial charge in [0.2, 0.25) is 0 Å². The highest BCUT2D eigenvalue weighted by Crippen LogP contribution is 2.26. The average molecular weight is 318 g/mol. The van der Waals surface area contributed by atoms with Gasteiger partial charge in [-0.3, -0.25) is 4.79 Å². The van der Waals surface area contributed by atoms with Crippen molar-refractivity contribution in [2.24, 2.45) is 5.41 Å². The summed E-state index contributed by atoms with van der Waals surface area (Å²) < 4.78 is 1.90. The molecule has 0 fully saturated rings. The van der Waals surface area contributed by atoms with Gasteiger partial charge in [0.1, 0.15) is 0 Å². The van der Waals surface area contributed by atoms with E-state index in [0.717, 1.165) is 16.6 Å². The molecule has 2 N–H and O–H groups in total. The number of nitrogens with zero attached hydrogens (tertiary/aromatic N) is 3. The van der Waals surface area contributed by atoms with E-state index < -0.39 is 11.4 Å². The summed E-state index contributed by atoms with van der Waals surface area (Å²) in [5, 5.41) is 18.1. The van der Waals surface area contributed by atoms with Crippen molar-refractivity contribution in [3.63, 3.8) is 0 Å². The number of hydrogen-bond donors (Lipinski definition) is 2. The maximum Gasteiger partial charge on any atom is 0.310 e. The molecule has 0 saturated heterocycles. The predicted molar refractivity (Wildman–Crippen MR) is 90.3 cm³/mol. The first kappa shape index (κ1) is 17.4. The maximum absolute atomic E-state index is 11.5. The van der Waals surface area contributed by atoms with Gasteiger partial charge in [0, 0.05) is 30.7 Å². The number of carbonyl (C=O) groups is 1. The minimum absolute atomic E-state index is 0.272. The van der Waals surface area contributed by atoms with Gasteiger partial charge in [-0.05, 0) is 38.3 Å². The van der Waals surface area contributed by atoms with E-state index in [0.29, 0.717) is 25.9 Å². The minimum atomic E-state index is -0.734. The molecule has 0 amide bonds. The Labute approximate surface area is 136 Å². The van der Waals surface area contributed by atoms with Crippen LogP contribution >= 0.6 is 0 Å². The van der Waals surface area contributed by atoms with Crippen LogP contribution in [0.2, 0.25) is 0 Å². The Morgan fingerprint density at radius 2 is 2.04 bits per heavy atom. The topological polar surface area (TPSA) is 80.0 Å². The van der Waals surface area contributed by atoms with Crippen molar-refractivity contribution < 1.29 is 9.90 Å².